The van der Waals surface area contributed by atoms with Gasteiger partial charge in [-0.3, -0.25) is 0 Å². The first kappa shape index (κ1) is 15.6. The minimum absolute atomic E-state index is 0.414. The summed E-state index contributed by atoms with van der Waals surface area (Å²) < 4.78 is 9.52. The minimum Gasteiger partial charge on any atom is -0.373 e. The number of rotatable bonds is 7. The largest absolute Gasteiger partial charge is 0.373 e. The van der Waals surface area contributed by atoms with Crippen LogP contribution in [-0.4, -0.2) is 31.2 Å². The Kier molecular flexibility index (Phi) is 16.3. The molecule has 0 saturated heterocycles. The fraction of sp³-hybridized carbons (Fsp3) is 0.455. The molecule has 1 unspecified atom stereocenters. The molecule has 82 valence electrons. The molecule has 3 nitrogen and oxygen atoms in total. The van der Waals surface area contributed by atoms with Crippen LogP contribution in [0.4, 0.5) is 0 Å². The highest BCUT2D eigenvalue weighted by molar-refractivity contribution is 4.68. The van der Waals surface area contributed by atoms with E-state index in [2.05, 4.69) is 24.5 Å². The zero-order valence-corrected chi connectivity index (χ0v) is 8.82. The Bertz CT molecular complexity index is 133. The summed E-state index contributed by atoms with van der Waals surface area (Å²) in [4.78, 5) is 0. The molecule has 0 rings (SSSR count). The van der Waals surface area contributed by atoms with Crippen molar-refractivity contribution in [3.8, 4) is 0 Å². The van der Waals surface area contributed by atoms with E-state index in [0.29, 0.717) is 19.8 Å². The second-order valence-corrected chi connectivity index (χ2v) is 2.34. The van der Waals surface area contributed by atoms with E-state index in [-0.39, 0.29) is 0 Å². The van der Waals surface area contributed by atoms with Gasteiger partial charge in [-0.05, 0) is 6.92 Å². The molecule has 0 fully saturated rings. The highest BCUT2D eigenvalue weighted by atomic mass is 16.6. The average molecular weight is 200 g/mol. The monoisotopic (exact) mass is 200 g/mol. The summed E-state index contributed by atoms with van der Waals surface area (Å²) in [6.07, 6.45) is 4.35. The summed E-state index contributed by atoms with van der Waals surface area (Å²) in [7, 11) is 0. The molecule has 0 aromatic heterocycles. The van der Waals surface area contributed by atoms with Crippen LogP contribution in [0, 0.1) is 0 Å². The molecule has 0 aromatic rings. The summed E-state index contributed by atoms with van der Waals surface area (Å²) in [6.45, 7) is 13.6. The predicted molar refractivity (Wildman–Crippen MR) is 59.0 cm³/mol. The molecule has 0 aliphatic rings. The smallest absolute Gasteiger partial charge is 0.152 e. The number of aliphatic hydroxyl groups excluding tert-OH is 1. The molecule has 1 atom stereocenters. The van der Waals surface area contributed by atoms with E-state index >= 15 is 0 Å². The van der Waals surface area contributed by atoms with Crippen molar-refractivity contribution >= 4 is 0 Å². The summed E-state index contributed by atoms with van der Waals surface area (Å²) >= 11 is 0. The van der Waals surface area contributed by atoms with E-state index in [1.807, 2.05) is 0 Å². The maximum atomic E-state index is 8.41. The van der Waals surface area contributed by atoms with Crippen LogP contribution >= 0.6 is 0 Å². The van der Waals surface area contributed by atoms with Gasteiger partial charge in [0.2, 0.25) is 0 Å². The Hall–Kier alpha value is -0.900. The second-order valence-electron chi connectivity index (χ2n) is 2.34. The predicted octanol–water partition coefficient (Wildman–Crippen LogP) is 1.90. The molecule has 0 saturated carbocycles. The van der Waals surface area contributed by atoms with Crippen LogP contribution in [0.3, 0.4) is 0 Å². The van der Waals surface area contributed by atoms with Crippen molar-refractivity contribution in [3.05, 3.63) is 38.0 Å². The number of hydrogen-bond donors (Lipinski definition) is 1. The van der Waals surface area contributed by atoms with Gasteiger partial charge in [-0.1, -0.05) is 18.2 Å². The van der Waals surface area contributed by atoms with Gasteiger partial charge in [-0.25, -0.2) is 0 Å². The van der Waals surface area contributed by atoms with Crippen LogP contribution < -0.4 is 0 Å². The van der Waals surface area contributed by atoms with Crippen molar-refractivity contribution in [2.24, 2.45) is 0 Å². The molecule has 0 spiro atoms. The van der Waals surface area contributed by atoms with Crippen molar-refractivity contribution in [1.82, 2.24) is 0 Å². The topological polar surface area (TPSA) is 38.7 Å². The fourth-order valence-corrected chi connectivity index (χ4v) is 0.442. The molecule has 14 heavy (non-hydrogen) atoms. The Morgan fingerprint density at radius 1 is 1.07 bits per heavy atom. The lowest BCUT2D eigenvalue weighted by Gasteiger charge is -2.00. The van der Waals surface area contributed by atoms with Gasteiger partial charge in [0, 0.05) is 0 Å². The van der Waals surface area contributed by atoms with Gasteiger partial charge in [-0.2, -0.15) is 0 Å². The maximum Gasteiger partial charge on any atom is 0.152 e. The van der Waals surface area contributed by atoms with E-state index in [4.69, 9.17) is 9.84 Å². The summed E-state index contributed by atoms with van der Waals surface area (Å²) in [5.41, 5.74) is 0. The SMILES string of the molecule is C=CCOC(C)O.C=CCOCC=C. The lowest BCUT2D eigenvalue weighted by molar-refractivity contribution is -0.0739. The first-order valence-corrected chi connectivity index (χ1v) is 4.39. The van der Waals surface area contributed by atoms with E-state index in [1.165, 1.54) is 0 Å². The molecular weight excluding hydrogens is 180 g/mol. The second kappa shape index (κ2) is 14.6. The number of ether oxygens (including phenoxy) is 2. The van der Waals surface area contributed by atoms with Gasteiger partial charge in [0.1, 0.15) is 0 Å². The van der Waals surface area contributed by atoms with Crippen LogP contribution in [0.5, 0.6) is 0 Å². The Labute approximate surface area is 86.3 Å². The van der Waals surface area contributed by atoms with E-state index in [1.54, 1.807) is 25.2 Å². The maximum absolute atomic E-state index is 8.41. The average Bonchev–Trinajstić information content (AvgIpc) is 2.16. The molecule has 0 aliphatic carbocycles. The quantitative estimate of drug-likeness (QED) is 0.387. The van der Waals surface area contributed by atoms with Crippen LogP contribution in [0.1, 0.15) is 6.92 Å². The summed E-state index contributed by atoms with van der Waals surface area (Å²) in [5, 5.41) is 8.41. The molecule has 0 amide bonds. The van der Waals surface area contributed by atoms with Gasteiger partial charge >= 0.3 is 0 Å². The van der Waals surface area contributed by atoms with E-state index < -0.39 is 6.29 Å². The van der Waals surface area contributed by atoms with Gasteiger partial charge < -0.3 is 14.6 Å². The van der Waals surface area contributed by atoms with Crippen LogP contribution in [0.25, 0.3) is 0 Å². The third-order valence-electron chi connectivity index (χ3n) is 0.927. The normalized spacial score (nSPS) is 10.7. The van der Waals surface area contributed by atoms with Gasteiger partial charge in [-0.15, -0.1) is 19.7 Å². The third kappa shape index (κ3) is 22.5. The Balaban J connectivity index is 0. The number of hydrogen-bond acceptors (Lipinski definition) is 3. The molecule has 3 heteroatoms. The molecule has 0 radical (unpaired) electrons. The molecule has 0 heterocycles. The van der Waals surface area contributed by atoms with Crippen molar-refractivity contribution in [2.45, 2.75) is 13.2 Å². The Morgan fingerprint density at radius 3 is 1.71 bits per heavy atom. The molecule has 0 bridgehead atoms. The van der Waals surface area contributed by atoms with Crippen LogP contribution in [0.2, 0.25) is 0 Å². The molecule has 0 aliphatic heterocycles. The molecule has 1 N–H and O–H groups in total. The van der Waals surface area contributed by atoms with Gasteiger partial charge in [0.25, 0.3) is 0 Å². The zero-order valence-electron chi connectivity index (χ0n) is 8.82. The molecular formula is C11H20O3. The summed E-state index contributed by atoms with van der Waals surface area (Å²) in [6, 6.07) is 0. The minimum atomic E-state index is -0.669. The first-order chi connectivity index (χ1) is 6.68. The van der Waals surface area contributed by atoms with Crippen LogP contribution in [-0.2, 0) is 9.47 Å². The van der Waals surface area contributed by atoms with Gasteiger partial charge in [0.05, 0.1) is 19.8 Å². The fourth-order valence-electron chi connectivity index (χ4n) is 0.442. The van der Waals surface area contributed by atoms with Crippen molar-refractivity contribution in [2.75, 3.05) is 19.8 Å². The van der Waals surface area contributed by atoms with Gasteiger partial charge in [0.15, 0.2) is 6.29 Å². The van der Waals surface area contributed by atoms with Crippen molar-refractivity contribution in [1.29, 1.82) is 0 Å². The van der Waals surface area contributed by atoms with E-state index in [0.717, 1.165) is 0 Å². The lowest BCUT2D eigenvalue weighted by Crippen LogP contribution is -2.04. The van der Waals surface area contributed by atoms with Crippen molar-refractivity contribution < 1.29 is 14.6 Å². The standard InChI is InChI=1S/C6H10O.C5H10O2/c1-3-5-7-6-4-2;1-3-4-7-5(2)6/h3-4H,1-2,5-6H2;3,5-6H,1,4H2,2H3. The molecule has 0 aromatic carbocycles. The number of aliphatic hydroxyl groups is 1. The first-order valence-electron chi connectivity index (χ1n) is 4.39. The highest BCUT2D eigenvalue weighted by Gasteiger charge is 1.86. The highest BCUT2D eigenvalue weighted by Crippen LogP contribution is 1.81. The van der Waals surface area contributed by atoms with Crippen LogP contribution in [0.15, 0.2) is 38.0 Å². The van der Waals surface area contributed by atoms with Crippen molar-refractivity contribution in [3.63, 3.8) is 0 Å². The zero-order chi connectivity index (χ0) is 11.2. The lowest BCUT2D eigenvalue weighted by atomic mass is 10.6. The Morgan fingerprint density at radius 2 is 1.50 bits per heavy atom. The van der Waals surface area contributed by atoms with E-state index in [9.17, 15) is 0 Å². The third-order valence-corrected chi connectivity index (χ3v) is 0.927. The summed E-state index contributed by atoms with van der Waals surface area (Å²) in [5.74, 6) is 0.